The van der Waals surface area contributed by atoms with E-state index >= 15 is 0 Å². The van der Waals surface area contributed by atoms with Gasteiger partial charge >= 0.3 is 0 Å². The van der Waals surface area contributed by atoms with Gasteiger partial charge in [0.1, 0.15) is 0 Å². The van der Waals surface area contributed by atoms with Crippen LogP contribution in [0.15, 0.2) is 24.3 Å². The first-order valence-corrected chi connectivity index (χ1v) is 7.30. The van der Waals surface area contributed by atoms with Crippen LogP contribution in [0.1, 0.15) is 20.8 Å². The molecule has 0 heterocycles. The van der Waals surface area contributed by atoms with Crippen molar-refractivity contribution in [1.82, 2.24) is 0 Å². The molecule has 0 aliphatic heterocycles. The summed E-state index contributed by atoms with van der Waals surface area (Å²) in [7, 11) is -3.65. The van der Waals surface area contributed by atoms with Gasteiger partial charge in [0.05, 0.1) is 11.4 Å². The lowest BCUT2D eigenvalue weighted by Gasteiger charge is -2.20. The topological polar surface area (TPSA) is 83.6 Å². The van der Waals surface area contributed by atoms with Crippen molar-refractivity contribution in [3.63, 3.8) is 0 Å². The molecule has 0 aliphatic rings. The minimum atomic E-state index is -3.65. The Kier molecular flexibility index (Phi) is 4.66. The second-order valence-corrected chi connectivity index (χ2v) is 6.02. The molecular formula is C12H16N2O4S. The van der Waals surface area contributed by atoms with Crippen molar-refractivity contribution in [2.75, 3.05) is 15.4 Å². The summed E-state index contributed by atoms with van der Waals surface area (Å²) in [5.41, 5.74) is 0.789. The predicted octanol–water partition coefficient (Wildman–Crippen LogP) is 1.35. The summed E-state index contributed by atoms with van der Waals surface area (Å²) in [6.07, 6.45) is 0. The van der Waals surface area contributed by atoms with Gasteiger partial charge in [0.25, 0.3) is 0 Å². The molecular weight excluding hydrogens is 268 g/mol. The van der Waals surface area contributed by atoms with Gasteiger partial charge in [0.15, 0.2) is 0 Å². The molecule has 104 valence electrons. The van der Waals surface area contributed by atoms with Crippen LogP contribution in [0.25, 0.3) is 0 Å². The molecule has 1 aromatic rings. The van der Waals surface area contributed by atoms with E-state index in [0.717, 1.165) is 4.31 Å². The number of rotatable bonds is 4. The second kappa shape index (κ2) is 5.83. The minimum absolute atomic E-state index is 0.167. The summed E-state index contributed by atoms with van der Waals surface area (Å²) in [5.74, 6) is -0.966. The van der Waals surface area contributed by atoms with Crippen LogP contribution < -0.4 is 9.62 Å². The first-order valence-electron chi connectivity index (χ1n) is 5.69. The number of hydrogen-bond donors (Lipinski definition) is 1. The van der Waals surface area contributed by atoms with E-state index in [1.807, 2.05) is 0 Å². The number of nitrogens with zero attached hydrogens (tertiary/aromatic N) is 1. The zero-order valence-corrected chi connectivity index (χ0v) is 11.8. The molecule has 1 N–H and O–H groups in total. The van der Waals surface area contributed by atoms with Gasteiger partial charge in [-0.05, 0) is 31.2 Å². The monoisotopic (exact) mass is 284 g/mol. The van der Waals surface area contributed by atoms with Crippen molar-refractivity contribution in [1.29, 1.82) is 0 Å². The highest BCUT2D eigenvalue weighted by Gasteiger charge is 2.24. The highest BCUT2D eigenvalue weighted by molar-refractivity contribution is 7.93. The van der Waals surface area contributed by atoms with Crippen LogP contribution in [0.2, 0.25) is 0 Å². The van der Waals surface area contributed by atoms with Gasteiger partial charge in [0.2, 0.25) is 21.8 Å². The molecule has 0 radical (unpaired) electrons. The van der Waals surface area contributed by atoms with E-state index in [2.05, 4.69) is 5.32 Å². The number of anilines is 2. The Morgan fingerprint density at radius 3 is 2.05 bits per heavy atom. The quantitative estimate of drug-likeness (QED) is 0.904. The van der Waals surface area contributed by atoms with Crippen LogP contribution >= 0.6 is 0 Å². The van der Waals surface area contributed by atoms with E-state index in [9.17, 15) is 18.0 Å². The Morgan fingerprint density at radius 2 is 1.68 bits per heavy atom. The maximum absolute atomic E-state index is 11.8. The van der Waals surface area contributed by atoms with Crippen molar-refractivity contribution in [2.24, 2.45) is 0 Å². The van der Waals surface area contributed by atoms with E-state index in [4.69, 9.17) is 0 Å². The third-order valence-electron chi connectivity index (χ3n) is 2.35. The highest BCUT2D eigenvalue weighted by Crippen LogP contribution is 2.21. The SMILES string of the molecule is CCS(=O)(=O)N(C(C)=O)c1ccc(NC(C)=O)cc1. The maximum Gasteiger partial charge on any atom is 0.241 e. The lowest BCUT2D eigenvalue weighted by Crippen LogP contribution is -2.36. The molecule has 0 atom stereocenters. The molecule has 7 heteroatoms. The van der Waals surface area contributed by atoms with E-state index in [-0.39, 0.29) is 17.3 Å². The summed E-state index contributed by atoms with van der Waals surface area (Å²) in [6.45, 7) is 4.03. The van der Waals surface area contributed by atoms with E-state index in [1.54, 1.807) is 0 Å². The van der Waals surface area contributed by atoms with Crippen molar-refractivity contribution in [3.8, 4) is 0 Å². The fraction of sp³-hybridized carbons (Fsp3) is 0.333. The molecule has 0 saturated carbocycles. The zero-order valence-electron chi connectivity index (χ0n) is 11.0. The van der Waals surface area contributed by atoms with Gasteiger partial charge in [-0.25, -0.2) is 12.7 Å². The number of hydrogen-bond acceptors (Lipinski definition) is 4. The van der Waals surface area contributed by atoms with Crippen LogP contribution in [-0.4, -0.2) is 26.0 Å². The van der Waals surface area contributed by atoms with Crippen molar-refractivity contribution in [3.05, 3.63) is 24.3 Å². The van der Waals surface area contributed by atoms with Crippen molar-refractivity contribution >= 4 is 33.2 Å². The van der Waals surface area contributed by atoms with E-state index < -0.39 is 15.9 Å². The number of amides is 2. The van der Waals surface area contributed by atoms with Crippen molar-refractivity contribution < 1.29 is 18.0 Å². The average molecular weight is 284 g/mol. The lowest BCUT2D eigenvalue weighted by molar-refractivity contribution is -0.115. The van der Waals surface area contributed by atoms with Crippen LogP contribution in [0, 0.1) is 0 Å². The molecule has 0 aromatic heterocycles. The second-order valence-electron chi connectivity index (χ2n) is 3.91. The molecule has 0 unspecified atom stereocenters. The molecule has 0 spiro atoms. The standard InChI is InChI=1S/C12H16N2O4S/c1-4-19(17,18)14(10(3)16)12-7-5-11(6-8-12)13-9(2)15/h5-8H,4H2,1-3H3,(H,13,15). The highest BCUT2D eigenvalue weighted by atomic mass is 32.2. The van der Waals surface area contributed by atoms with E-state index in [0.29, 0.717) is 5.69 Å². The molecule has 1 rings (SSSR count). The Labute approximate surface area is 112 Å². The average Bonchev–Trinajstić information content (AvgIpc) is 2.30. The molecule has 0 aliphatic carbocycles. The molecule has 0 fully saturated rings. The van der Waals surface area contributed by atoms with Crippen LogP contribution in [0.3, 0.4) is 0 Å². The Morgan fingerprint density at radius 1 is 1.16 bits per heavy atom. The fourth-order valence-electron chi connectivity index (χ4n) is 1.55. The minimum Gasteiger partial charge on any atom is -0.326 e. The number of carbonyl (C=O) groups excluding carboxylic acids is 2. The van der Waals surface area contributed by atoms with Crippen LogP contribution in [0.4, 0.5) is 11.4 Å². The summed E-state index contributed by atoms with van der Waals surface area (Å²) in [4.78, 5) is 22.4. The van der Waals surface area contributed by atoms with Crippen LogP contribution in [0.5, 0.6) is 0 Å². The molecule has 6 nitrogen and oxygen atoms in total. The van der Waals surface area contributed by atoms with Gasteiger partial charge in [0, 0.05) is 19.5 Å². The van der Waals surface area contributed by atoms with Gasteiger partial charge in [-0.2, -0.15) is 0 Å². The molecule has 1 aromatic carbocycles. The first-order chi connectivity index (χ1) is 8.77. The number of nitrogens with one attached hydrogen (secondary N) is 1. The predicted molar refractivity (Wildman–Crippen MR) is 73.4 cm³/mol. The summed E-state index contributed by atoms with van der Waals surface area (Å²) >= 11 is 0. The van der Waals surface area contributed by atoms with Crippen molar-refractivity contribution in [2.45, 2.75) is 20.8 Å². The number of benzene rings is 1. The number of sulfonamides is 1. The third kappa shape index (κ3) is 3.78. The molecule has 19 heavy (non-hydrogen) atoms. The molecule has 0 saturated heterocycles. The fourth-order valence-corrected chi connectivity index (χ4v) is 2.64. The van der Waals surface area contributed by atoms with Gasteiger partial charge in [-0.15, -0.1) is 0 Å². The normalized spacial score (nSPS) is 10.9. The first kappa shape index (κ1) is 15.2. The smallest absolute Gasteiger partial charge is 0.241 e. The zero-order chi connectivity index (χ0) is 14.6. The van der Waals surface area contributed by atoms with E-state index in [1.165, 1.54) is 45.0 Å². The Bertz CT molecular complexity index is 578. The maximum atomic E-state index is 11.8. The molecule has 2 amide bonds. The Balaban J connectivity index is 3.13. The summed E-state index contributed by atoms with van der Waals surface area (Å²) in [5, 5.41) is 2.56. The summed E-state index contributed by atoms with van der Waals surface area (Å²) < 4.78 is 24.4. The van der Waals surface area contributed by atoms with Crippen LogP contribution in [-0.2, 0) is 19.6 Å². The van der Waals surface area contributed by atoms with Gasteiger partial charge in [-0.3, -0.25) is 9.59 Å². The molecule has 0 bridgehead atoms. The Hall–Kier alpha value is -1.89. The van der Waals surface area contributed by atoms with Gasteiger partial charge in [-0.1, -0.05) is 0 Å². The number of carbonyl (C=O) groups is 2. The third-order valence-corrected chi connectivity index (χ3v) is 4.11. The largest absolute Gasteiger partial charge is 0.326 e. The van der Waals surface area contributed by atoms with Gasteiger partial charge < -0.3 is 5.32 Å². The summed E-state index contributed by atoms with van der Waals surface area (Å²) in [6, 6.07) is 6.02. The lowest BCUT2D eigenvalue weighted by atomic mass is 10.2.